The van der Waals surface area contributed by atoms with Crippen LogP contribution in [-0.2, 0) is 0 Å². The van der Waals surface area contributed by atoms with Gasteiger partial charge < -0.3 is 20.4 Å². The Morgan fingerprint density at radius 1 is 1.29 bits per heavy atom. The Morgan fingerprint density at radius 3 is 2.71 bits per heavy atom. The molecule has 0 aromatic rings. The number of urea groups is 1. The van der Waals surface area contributed by atoms with Gasteiger partial charge in [0.15, 0.2) is 0 Å². The van der Waals surface area contributed by atoms with Crippen LogP contribution in [0.5, 0.6) is 0 Å². The van der Waals surface area contributed by atoms with E-state index >= 15 is 0 Å². The standard InChI is InChI=1S/C12H26N4O/c1-3-14(2)12(17)16-9-5-8-15(10-11-16)7-4-6-13/h3-11,13H2,1-2H3. The zero-order valence-corrected chi connectivity index (χ0v) is 11.2. The van der Waals surface area contributed by atoms with Crippen molar-refractivity contribution in [3.63, 3.8) is 0 Å². The zero-order chi connectivity index (χ0) is 12.7. The molecule has 0 aromatic carbocycles. The Balaban J connectivity index is 2.39. The van der Waals surface area contributed by atoms with Crippen LogP contribution in [0.25, 0.3) is 0 Å². The molecular formula is C12H26N4O. The van der Waals surface area contributed by atoms with E-state index in [4.69, 9.17) is 5.73 Å². The molecule has 2 N–H and O–H groups in total. The number of carbonyl (C=O) groups is 1. The lowest BCUT2D eigenvalue weighted by atomic mass is 10.3. The quantitative estimate of drug-likeness (QED) is 0.777. The lowest BCUT2D eigenvalue weighted by Gasteiger charge is -2.26. The highest BCUT2D eigenvalue weighted by atomic mass is 16.2. The van der Waals surface area contributed by atoms with Gasteiger partial charge in [-0.05, 0) is 39.4 Å². The van der Waals surface area contributed by atoms with Gasteiger partial charge in [0.25, 0.3) is 0 Å². The van der Waals surface area contributed by atoms with Gasteiger partial charge in [-0.2, -0.15) is 0 Å². The molecule has 17 heavy (non-hydrogen) atoms. The van der Waals surface area contributed by atoms with E-state index in [9.17, 15) is 4.79 Å². The van der Waals surface area contributed by atoms with Gasteiger partial charge in [-0.1, -0.05) is 0 Å². The van der Waals surface area contributed by atoms with Gasteiger partial charge in [0.1, 0.15) is 0 Å². The zero-order valence-electron chi connectivity index (χ0n) is 11.2. The molecule has 0 atom stereocenters. The van der Waals surface area contributed by atoms with Crippen molar-refractivity contribution in [2.24, 2.45) is 5.73 Å². The summed E-state index contributed by atoms with van der Waals surface area (Å²) in [6.07, 6.45) is 2.11. The van der Waals surface area contributed by atoms with Crippen molar-refractivity contribution in [2.45, 2.75) is 19.8 Å². The van der Waals surface area contributed by atoms with Gasteiger partial charge in [0, 0.05) is 33.2 Å². The maximum Gasteiger partial charge on any atom is 0.319 e. The third-order valence-electron chi connectivity index (χ3n) is 3.34. The van der Waals surface area contributed by atoms with Crippen molar-refractivity contribution in [3.05, 3.63) is 0 Å². The normalized spacial score (nSPS) is 17.9. The predicted molar refractivity (Wildman–Crippen MR) is 70.0 cm³/mol. The van der Waals surface area contributed by atoms with E-state index in [-0.39, 0.29) is 6.03 Å². The Labute approximate surface area is 105 Å². The van der Waals surface area contributed by atoms with Crippen LogP contribution in [0.15, 0.2) is 0 Å². The number of hydrogen-bond donors (Lipinski definition) is 1. The van der Waals surface area contributed by atoms with Crippen molar-refractivity contribution in [1.82, 2.24) is 14.7 Å². The van der Waals surface area contributed by atoms with Gasteiger partial charge in [-0.25, -0.2) is 4.79 Å². The molecule has 0 aromatic heterocycles. The first-order chi connectivity index (χ1) is 8.19. The summed E-state index contributed by atoms with van der Waals surface area (Å²) in [6.45, 7) is 8.36. The van der Waals surface area contributed by atoms with Crippen LogP contribution in [0.3, 0.4) is 0 Å². The molecule has 1 fully saturated rings. The van der Waals surface area contributed by atoms with Crippen LogP contribution >= 0.6 is 0 Å². The van der Waals surface area contributed by atoms with Crippen molar-refractivity contribution < 1.29 is 4.79 Å². The number of hydrogen-bond acceptors (Lipinski definition) is 3. The first-order valence-electron chi connectivity index (χ1n) is 6.61. The van der Waals surface area contributed by atoms with Gasteiger partial charge >= 0.3 is 6.03 Å². The Bertz CT molecular complexity index is 235. The molecule has 5 nitrogen and oxygen atoms in total. The highest BCUT2D eigenvalue weighted by Gasteiger charge is 2.20. The van der Waals surface area contributed by atoms with E-state index in [1.165, 1.54) is 0 Å². The maximum absolute atomic E-state index is 12.0. The molecule has 1 rings (SSSR count). The highest BCUT2D eigenvalue weighted by Crippen LogP contribution is 2.06. The number of carbonyl (C=O) groups excluding carboxylic acids is 1. The third-order valence-corrected chi connectivity index (χ3v) is 3.34. The molecule has 1 aliphatic rings. The largest absolute Gasteiger partial charge is 0.330 e. The second-order valence-corrected chi connectivity index (χ2v) is 4.62. The monoisotopic (exact) mass is 242 g/mol. The molecule has 0 spiro atoms. The minimum atomic E-state index is 0.160. The van der Waals surface area contributed by atoms with E-state index in [0.29, 0.717) is 0 Å². The Morgan fingerprint density at radius 2 is 2.06 bits per heavy atom. The number of rotatable bonds is 4. The van der Waals surface area contributed by atoms with E-state index < -0.39 is 0 Å². The fourth-order valence-electron chi connectivity index (χ4n) is 2.08. The summed E-state index contributed by atoms with van der Waals surface area (Å²) in [5.74, 6) is 0. The topological polar surface area (TPSA) is 52.8 Å². The molecular weight excluding hydrogens is 216 g/mol. The predicted octanol–water partition coefficient (Wildman–Crippen LogP) is 0.415. The van der Waals surface area contributed by atoms with E-state index in [0.717, 1.165) is 58.7 Å². The maximum atomic E-state index is 12.0. The van der Waals surface area contributed by atoms with Gasteiger partial charge in [0.2, 0.25) is 0 Å². The Kier molecular flexibility index (Phi) is 6.29. The van der Waals surface area contributed by atoms with Crippen LogP contribution in [-0.4, -0.2) is 73.6 Å². The third kappa shape index (κ3) is 4.52. The smallest absolute Gasteiger partial charge is 0.319 e. The van der Waals surface area contributed by atoms with E-state index in [2.05, 4.69) is 4.90 Å². The lowest BCUT2D eigenvalue weighted by Crippen LogP contribution is -2.43. The second-order valence-electron chi connectivity index (χ2n) is 4.62. The summed E-state index contributed by atoms with van der Waals surface area (Å²) in [4.78, 5) is 18.2. The molecule has 0 unspecified atom stereocenters. The molecule has 0 aliphatic carbocycles. The molecule has 100 valence electrons. The molecule has 0 saturated carbocycles. The number of nitrogens with zero attached hydrogens (tertiary/aromatic N) is 3. The van der Waals surface area contributed by atoms with Crippen LogP contribution < -0.4 is 5.73 Å². The molecule has 0 radical (unpaired) electrons. The van der Waals surface area contributed by atoms with Crippen LogP contribution in [0.4, 0.5) is 4.79 Å². The average Bonchev–Trinajstić information content (AvgIpc) is 2.59. The summed E-state index contributed by atoms with van der Waals surface area (Å²) in [5, 5.41) is 0. The molecule has 1 saturated heterocycles. The molecule has 1 heterocycles. The van der Waals surface area contributed by atoms with Gasteiger partial charge in [-0.3, -0.25) is 0 Å². The van der Waals surface area contributed by atoms with E-state index in [1.807, 2.05) is 18.9 Å². The second kappa shape index (κ2) is 7.50. The van der Waals surface area contributed by atoms with Crippen molar-refractivity contribution in [1.29, 1.82) is 0 Å². The first-order valence-corrected chi connectivity index (χ1v) is 6.61. The van der Waals surface area contributed by atoms with E-state index in [1.54, 1.807) is 4.90 Å². The minimum Gasteiger partial charge on any atom is -0.330 e. The molecule has 2 amide bonds. The number of amides is 2. The summed E-state index contributed by atoms with van der Waals surface area (Å²) in [7, 11) is 1.86. The fourth-order valence-corrected chi connectivity index (χ4v) is 2.08. The van der Waals surface area contributed by atoms with Crippen LogP contribution in [0.2, 0.25) is 0 Å². The summed E-state index contributed by atoms with van der Waals surface area (Å²) in [5.41, 5.74) is 5.52. The number of nitrogens with two attached hydrogens (primary N) is 1. The SMILES string of the molecule is CCN(C)C(=O)N1CCCN(CCCN)CC1. The highest BCUT2D eigenvalue weighted by molar-refractivity contribution is 5.74. The molecule has 5 heteroatoms. The summed E-state index contributed by atoms with van der Waals surface area (Å²) in [6, 6.07) is 0.160. The van der Waals surface area contributed by atoms with Crippen molar-refractivity contribution in [3.8, 4) is 0 Å². The average molecular weight is 242 g/mol. The Hall–Kier alpha value is -0.810. The van der Waals surface area contributed by atoms with Gasteiger partial charge in [-0.15, -0.1) is 0 Å². The van der Waals surface area contributed by atoms with Crippen molar-refractivity contribution in [2.75, 3.05) is 52.9 Å². The van der Waals surface area contributed by atoms with Gasteiger partial charge in [0.05, 0.1) is 0 Å². The lowest BCUT2D eigenvalue weighted by molar-refractivity contribution is 0.165. The minimum absolute atomic E-state index is 0.160. The fraction of sp³-hybridized carbons (Fsp3) is 0.917. The summed E-state index contributed by atoms with van der Waals surface area (Å²) < 4.78 is 0. The first kappa shape index (κ1) is 14.3. The summed E-state index contributed by atoms with van der Waals surface area (Å²) >= 11 is 0. The van der Waals surface area contributed by atoms with Crippen molar-refractivity contribution >= 4 is 6.03 Å². The molecule has 1 aliphatic heterocycles. The van der Waals surface area contributed by atoms with Crippen LogP contribution in [0, 0.1) is 0 Å². The van der Waals surface area contributed by atoms with Crippen LogP contribution in [0.1, 0.15) is 19.8 Å². The molecule has 0 bridgehead atoms.